The highest BCUT2D eigenvalue weighted by atomic mass is 32.2. The van der Waals surface area contributed by atoms with Gasteiger partial charge in [-0.15, -0.1) is 5.10 Å². The van der Waals surface area contributed by atoms with E-state index in [0.29, 0.717) is 18.1 Å². The largest absolute Gasteiger partial charge is 0.383 e. The highest BCUT2D eigenvalue weighted by Crippen LogP contribution is 2.23. The van der Waals surface area contributed by atoms with E-state index in [-0.39, 0.29) is 35.8 Å². The van der Waals surface area contributed by atoms with Gasteiger partial charge >= 0.3 is 5.69 Å². The van der Waals surface area contributed by atoms with Crippen molar-refractivity contribution in [2.75, 3.05) is 16.4 Å². The van der Waals surface area contributed by atoms with E-state index in [1.54, 1.807) is 4.68 Å². The number of nitrogens with one attached hydrogen (secondary N) is 1. The van der Waals surface area contributed by atoms with Crippen LogP contribution in [0.5, 0.6) is 0 Å². The Kier molecular flexibility index (Phi) is 8.04. The Labute approximate surface area is 195 Å². The van der Waals surface area contributed by atoms with Gasteiger partial charge in [-0.25, -0.2) is 9.48 Å². The molecule has 0 aliphatic heterocycles. The van der Waals surface area contributed by atoms with Crippen molar-refractivity contribution >= 4 is 29.2 Å². The van der Waals surface area contributed by atoms with Crippen molar-refractivity contribution in [3.8, 4) is 0 Å². The summed E-state index contributed by atoms with van der Waals surface area (Å²) in [5.74, 6) is -0.411. The molecule has 1 amide bonds. The second-order valence-corrected chi connectivity index (χ2v) is 8.69. The fourth-order valence-corrected chi connectivity index (χ4v) is 4.13. The lowest BCUT2D eigenvalue weighted by atomic mass is 10.2. The van der Waals surface area contributed by atoms with Crippen LogP contribution in [0.2, 0.25) is 0 Å². The van der Waals surface area contributed by atoms with Crippen molar-refractivity contribution in [2.24, 2.45) is 0 Å². The summed E-state index contributed by atoms with van der Waals surface area (Å²) in [4.78, 5) is 42.2. The van der Waals surface area contributed by atoms with Crippen LogP contribution in [0, 0.1) is 0 Å². The van der Waals surface area contributed by atoms with Crippen LogP contribution in [0.15, 0.2) is 45.1 Å². The van der Waals surface area contributed by atoms with Crippen molar-refractivity contribution in [1.29, 1.82) is 0 Å². The number of nitrogen functional groups attached to an aromatic ring is 1. The summed E-state index contributed by atoms with van der Waals surface area (Å²) in [5, 5.41) is 12.1. The van der Waals surface area contributed by atoms with Crippen LogP contribution in [0.3, 0.4) is 0 Å². The molecule has 0 fully saturated rings. The molecule has 0 spiro atoms. The van der Waals surface area contributed by atoms with E-state index in [1.165, 1.54) is 21.2 Å². The Balaban J connectivity index is 1.98. The van der Waals surface area contributed by atoms with E-state index < -0.39 is 11.2 Å². The minimum absolute atomic E-state index is 0.0209. The maximum Gasteiger partial charge on any atom is 0.330 e. The van der Waals surface area contributed by atoms with Gasteiger partial charge < -0.3 is 5.73 Å². The molecule has 33 heavy (non-hydrogen) atoms. The zero-order valence-electron chi connectivity index (χ0n) is 18.9. The SMILES string of the molecule is CCCCn1c(N)c(N(Cc2ccccc2)C(=O)CSc2nnnn2C(C)C)c(=O)[nH]c1=O. The average Bonchev–Trinajstić information content (AvgIpc) is 3.26. The molecule has 0 saturated carbocycles. The summed E-state index contributed by atoms with van der Waals surface area (Å²) >= 11 is 1.17. The molecule has 2 aromatic heterocycles. The number of aromatic amines is 1. The summed E-state index contributed by atoms with van der Waals surface area (Å²) in [6.07, 6.45) is 1.55. The fraction of sp³-hybridized carbons (Fsp3) is 0.429. The normalized spacial score (nSPS) is 11.2. The van der Waals surface area contributed by atoms with E-state index in [2.05, 4.69) is 20.5 Å². The van der Waals surface area contributed by atoms with Crippen LogP contribution in [0.1, 0.15) is 45.2 Å². The van der Waals surface area contributed by atoms with Gasteiger partial charge in [-0.2, -0.15) is 0 Å². The summed E-state index contributed by atoms with van der Waals surface area (Å²) in [7, 11) is 0. The maximum absolute atomic E-state index is 13.4. The summed E-state index contributed by atoms with van der Waals surface area (Å²) < 4.78 is 2.92. The number of amides is 1. The molecule has 3 rings (SSSR count). The van der Waals surface area contributed by atoms with Crippen molar-refractivity contribution < 1.29 is 4.79 Å². The highest BCUT2D eigenvalue weighted by Gasteiger charge is 2.25. The predicted octanol–water partition coefficient (Wildman–Crippen LogP) is 1.81. The molecule has 12 heteroatoms. The van der Waals surface area contributed by atoms with Crippen LogP contribution in [0.4, 0.5) is 11.5 Å². The van der Waals surface area contributed by atoms with Crippen LogP contribution in [-0.2, 0) is 17.9 Å². The molecule has 0 radical (unpaired) electrons. The molecular weight excluding hydrogens is 444 g/mol. The predicted molar refractivity (Wildman–Crippen MR) is 127 cm³/mol. The molecule has 11 nitrogen and oxygen atoms in total. The number of carbonyl (C=O) groups is 1. The Morgan fingerprint density at radius 3 is 2.64 bits per heavy atom. The van der Waals surface area contributed by atoms with Gasteiger partial charge in [0.05, 0.1) is 18.3 Å². The van der Waals surface area contributed by atoms with Crippen LogP contribution >= 0.6 is 11.8 Å². The molecule has 1 aromatic carbocycles. The molecule has 176 valence electrons. The van der Waals surface area contributed by atoms with Crippen molar-refractivity contribution in [3.63, 3.8) is 0 Å². The quantitative estimate of drug-likeness (QED) is 0.425. The standard InChI is InChI=1S/C21H28N8O3S/c1-4-5-11-27-18(22)17(19(31)23-20(27)32)28(12-15-9-7-6-8-10-15)16(30)13-33-21-24-25-26-29(21)14(2)3/h6-10,14H,4-5,11-13,22H2,1-3H3,(H,23,31,32). The lowest BCUT2D eigenvalue weighted by Crippen LogP contribution is -2.41. The molecule has 0 saturated heterocycles. The average molecular weight is 473 g/mol. The number of aromatic nitrogens is 6. The number of benzene rings is 1. The maximum atomic E-state index is 13.4. The van der Waals surface area contributed by atoms with Crippen LogP contribution in [0.25, 0.3) is 0 Å². The Hall–Kier alpha value is -3.41. The number of anilines is 2. The topological polar surface area (TPSA) is 145 Å². The van der Waals surface area contributed by atoms with Crippen molar-refractivity contribution in [3.05, 3.63) is 56.7 Å². The minimum Gasteiger partial charge on any atom is -0.383 e. The van der Waals surface area contributed by atoms with Gasteiger partial charge in [0.1, 0.15) is 5.82 Å². The van der Waals surface area contributed by atoms with E-state index in [0.717, 1.165) is 12.0 Å². The van der Waals surface area contributed by atoms with Gasteiger partial charge in [0.25, 0.3) is 5.56 Å². The van der Waals surface area contributed by atoms with E-state index >= 15 is 0 Å². The number of hydrogen-bond donors (Lipinski definition) is 2. The third kappa shape index (κ3) is 5.69. The van der Waals surface area contributed by atoms with Gasteiger partial charge in [-0.3, -0.25) is 24.0 Å². The fourth-order valence-electron chi connectivity index (χ4n) is 3.24. The molecule has 3 N–H and O–H groups in total. The third-order valence-corrected chi connectivity index (χ3v) is 5.90. The Bertz CT molecular complexity index is 1200. The molecule has 0 aliphatic carbocycles. The summed E-state index contributed by atoms with van der Waals surface area (Å²) in [5.41, 5.74) is 5.76. The number of rotatable bonds is 10. The second-order valence-electron chi connectivity index (χ2n) is 7.75. The molecule has 0 unspecified atom stereocenters. The molecule has 2 heterocycles. The summed E-state index contributed by atoms with van der Waals surface area (Å²) in [6.45, 7) is 6.32. The molecule has 0 atom stereocenters. The number of nitrogens with zero attached hydrogens (tertiary/aromatic N) is 6. The smallest absolute Gasteiger partial charge is 0.330 e. The third-order valence-electron chi connectivity index (χ3n) is 4.98. The number of thioether (sulfide) groups is 1. The number of H-pyrrole nitrogens is 1. The van der Waals surface area contributed by atoms with E-state index in [4.69, 9.17) is 5.73 Å². The number of hydrogen-bond acceptors (Lipinski definition) is 8. The zero-order valence-corrected chi connectivity index (χ0v) is 19.7. The van der Waals surface area contributed by atoms with Crippen LogP contribution < -0.4 is 21.9 Å². The molecular formula is C21H28N8O3S. The number of nitrogens with two attached hydrogens (primary N) is 1. The van der Waals surface area contributed by atoms with Gasteiger partial charge in [0, 0.05) is 6.54 Å². The van der Waals surface area contributed by atoms with Crippen LogP contribution in [-0.4, -0.2) is 41.4 Å². The van der Waals surface area contributed by atoms with E-state index in [9.17, 15) is 14.4 Å². The molecule has 0 bridgehead atoms. The number of carbonyl (C=O) groups excluding carboxylic acids is 1. The van der Waals surface area contributed by atoms with Gasteiger partial charge in [-0.05, 0) is 36.3 Å². The minimum atomic E-state index is -0.702. The van der Waals surface area contributed by atoms with E-state index in [1.807, 2.05) is 51.1 Å². The van der Waals surface area contributed by atoms with Gasteiger partial charge in [-0.1, -0.05) is 55.4 Å². The van der Waals surface area contributed by atoms with Gasteiger partial charge in [0.15, 0.2) is 5.69 Å². The Morgan fingerprint density at radius 1 is 1.24 bits per heavy atom. The van der Waals surface area contributed by atoms with Crippen molar-refractivity contribution in [1.82, 2.24) is 29.8 Å². The van der Waals surface area contributed by atoms with Gasteiger partial charge in [0.2, 0.25) is 11.1 Å². The highest BCUT2D eigenvalue weighted by molar-refractivity contribution is 7.99. The Morgan fingerprint density at radius 2 is 1.97 bits per heavy atom. The molecule has 3 aromatic rings. The first-order valence-corrected chi connectivity index (χ1v) is 11.7. The number of unbranched alkanes of at least 4 members (excludes halogenated alkanes) is 1. The first-order chi connectivity index (χ1) is 15.8. The second kappa shape index (κ2) is 10.9. The first kappa shape index (κ1) is 24.2. The summed E-state index contributed by atoms with van der Waals surface area (Å²) in [6, 6.07) is 9.29. The first-order valence-electron chi connectivity index (χ1n) is 10.7. The number of tetrazole rings is 1. The molecule has 0 aliphatic rings. The lowest BCUT2D eigenvalue weighted by molar-refractivity contribution is -0.116. The monoisotopic (exact) mass is 472 g/mol. The zero-order chi connectivity index (χ0) is 24.0. The lowest BCUT2D eigenvalue weighted by Gasteiger charge is -2.24. The van der Waals surface area contributed by atoms with Crippen molar-refractivity contribution in [2.45, 2.75) is 57.9 Å².